The summed E-state index contributed by atoms with van der Waals surface area (Å²) in [5, 5.41) is 0. The minimum Gasteiger partial charge on any atom is -0.335 e. The van der Waals surface area contributed by atoms with Gasteiger partial charge in [0.15, 0.2) is 0 Å². The monoisotopic (exact) mass is 620 g/mol. The zero-order valence-corrected chi connectivity index (χ0v) is 29.8. The van der Waals surface area contributed by atoms with Crippen LogP contribution in [0.2, 0.25) is 0 Å². The number of hydrogen-bond acceptors (Lipinski definition) is 2. The van der Waals surface area contributed by atoms with Crippen molar-refractivity contribution in [2.45, 2.75) is 141 Å². The number of hydrogen-bond donors (Lipinski definition) is 0. The summed E-state index contributed by atoms with van der Waals surface area (Å²) in [6.07, 6.45) is 16.9. The Balaban J connectivity index is 1.20. The zero-order valence-electron chi connectivity index (χ0n) is 29.8. The van der Waals surface area contributed by atoms with Gasteiger partial charge in [0.25, 0.3) is 6.71 Å². The first-order valence-corrected chi connectivity index (χ1v) is 19.6. The standard InChI is InChI=1S/C44H53BN2/c1-26-18-32-39-34(20-26)45-35-21-27(2)19-33-40(35)47(44(6)25-31-15-10-8-13-29(31)23-42(33,44)4)37-17-11-16-36(38(37)45)46(39)43(5)24-30-14-9-7-12-28(30)22-41(32,43)3/h11,16-21,28-31H,7-10,12-15,22-25H2,1-6H3. The van der Waals surface area contributed by atoms with E-state index in [1.807, 2.05) is 0 Å². The van der Waals surface area contributed by atoms with E-state index in [1.165, 1.54) is 99.6 Å². The average Bonchev–Trinajstić information content (AvgIpc) is 3.36. The van der Waals surface area contributed by atoms with E-state index in [1.54, 1.807) is 38.9 Å². The molecule has 8 unspecified atom stereocenters. The molecule has 0 N–H and O–H groups in total. The highest BCUT2D eigenvalue weighted by Gasteiger charge is 2.67. The maximum Gasteiger partial charge on any atom is 0.252 e. The van der Waals surface area contributed by atoms with E-state index in [2.05, 4.69) is 93.8 Å². The summed E-state index contributed by atoms with van der Waals surface area (Å²) in [5.74, 6) is 3.51. The molecular formula is C44H53BN2. The van der Waals surface area contributed by atoms with Gasteiger partial charge in [0.05, 0.1) is 11.1 Å². The van der Waals surface area contributed by atoms with Crippen molar-refractivity contribution in [1.82, 2.24) is 0 Å². The number of anilines is 4. The SMILES string of the molecule is Cc1cc2c3c(c1)C1(C)CC4CCCCC4CC1(C)N3c1cccc3c1B2c1cc(C)cc2c1N3C1(C)CC3CCCCC3CC21C. The second-order valence-corrected chi connectivity index (χ2v) is 19.0. The van der Waals surface area contributed by atoms with Gasteiger partial charge in [-0.25, -0.2) is 0 Å². The van der Waals surface area contributed by atoms with Crippen LogP contribution in [0.25, 0.3) is 0 Å². The molecule has 3 heteroatoms. The number of nitrogens with zero attached hydrogens (tertiary/aromatic N) is 2. The molecule has 4 saturated carbocycles. The quantitative estimate of drug-likeness (QED) is 0.232. The second kappa shape index (κ2) is 8.72. The van der Waals surface area contributed by atoms with Crippen LogP contribution in [0, 0.1) is 37.5 Å². The van der Waals surface area contributed by atoms with Crippen molar-refractivity contribution in [3.8, 4) is 0 Å². The Morgan fingerprint density at radius 2 is 0.979 bits per heavy atom. The third kappa shape index (κ3) is 3.07. The minimum atomic E-state index is 0.0953. The number of benzene rings is 3. The predicted octanol–water partition coefficient (Wildman–Crippen LogP) is 8.98. The summed E-state index contributed by atoms with van der Waals surface area (Å²) in [6, 6.07) is 18.0. The average molecular weight is 621 g/mol. The van der Waals surface area contributed by atoms with Gasteiger partial charge < -0.3 is 9.80 Å². The molecule has 4 aliphatic heterocycles. The molecule has 0 amide bonds. The highest BCUT2D eigenvalue weighted by molar-refractivity contribution is 7.00. The molecule has 0 bridgehead atoms. The van der Waals surface area contributed by atoms with E-state index < -0.39 is 0 Å². The Morgan fingerprint density at radius 1 is 0.574 bits per heavy atom. The Hall–Kier alpha value is -2.68. The van der Waals surface area contributed by atoms with Crippen LogP contribution in [0.3, 0.4) is 0 Å². The molecule has 0 saturated heterocycles. The summed E-state index contributed by atoms with van der Waals surface area (Å²) in [7, 11) is 0. The summed E-state index contributed by atoms with van der Waals surface area (Å²) < 4.78 is 0. The van der Waals surface area contributed by atoms with Crippen LogP contribution in [0.1, 0.15) is 127 Å². The molecule has 4 aliphatic carbocycles. The van der Waals surface area contributed by atoms with E-state index >= 15 is 0 Å². The summed E-state index contributed by atoms with van der Waals surface area (Å²) in [5.41, 5.74) is 17.8. The lowest BCUT2D eigenvalue weighted by Gasteiger charge is -2.58. The largest absolute Gasteiger partial charge is 0.335 e. The Kier molecular flexibility index (Phi) is 5.23. The van der Waals surface area contributed by atoms with Crippen molar-refractivity contribution in [2.75, 3.05) is 9.80 Å². The fourth-order valence-electron chi connectivity index (χ4n) is 14.4. The molecule has 3 aromatic rings. The number of aryl methyl sites for hydroxylation is 2. The second-order valence-electron chi connectivity index (χ2n) is 19.0. The molecule has 242 valence electrons. The molecule has 0 spiro atoms. The number of fused-ring (bicyclic) bond motifs is 12. The van der Waals surface area contributed by atoms with E-state index in [0.717, 1.165) is 23.7 Å². The van der Waals surface area contributed by atoms with Crippen molar-refractivity contribution >= 4 is 45.9 Å². The van der Waals surface area contributed by atoms with Crippen molar-refractivity contribution in [2.24, 2.45) is 23.7 Å². The van der Waals surface area contributed by atoms with Crippen LogP contribution >= 0.6 is 0 Å². The van der Waals surface area contributed by atoms with E-state index in [9.17, 15) is 0 Å². The Labute approximate surface area is 283 Å². The lowest BCUT2D eigenvalue weighted by molar-refractivity contribution is 0.0577. The first-order chi connectivity index (χ1) is 22.6. The normalized spacial score (nSPS) is 39.7. The zero-order chi connectivity index (χ0) is 31.8. The van der Waals surface area contributed by atoms with Gasteiger partial charge >= 0.3 is 0 Å². The molecule has 8 atom stereocenters. The van der Waals surface area contributed by atoms with E-state index in [-0.39, 0.29) is 21.9 Å². The summed E-state index contributed by atoms with van der Waals surface area (Å²) >= 11 is 0. The molecule has 2 nitrogen and oxygen atoms in total. The van der Waals surface area contributed by atoms with Crippen molar-refractivity contribution in [3.05, 3.63) is 64.7 Å². The topological polar surface area (TPSA) is 6.48 Å². The van der Waals surface area contributed by atoms with Crippen molar-refractivity contribution in [3.63, 3.8) is 0 Å². The molecular weight excluding hydrogens is 567 g/mol. The first-order valence-electron chi connectivity index (χ1n) is 19.6. The molecule has 4 fully saturated rings. The third-order valence-electron chi connectivity index (χ3n) is 16.8. The van der Waals surface area contributed by atoms with E-state index in [4.69, 9.17) is 0 Å². The molecule has 11 rings (SSSR count). The fourth-order valence-corrected chi connectivity index (χ4v) is 14.4. The smallest absolute Gasteiger partial charge is 0.252 e. The number of rotatable bonds is 0. The van der Waals surface area contributed by atoms with Crippen LogP contribution in [0.4, 0.5) is 22.7 Å². The van der Waals surface area contributed by atoms with Crippen LogP contribution in [-0.2, 0) is 10.8 Å². The van der Waals surface area contributed by atoms with Gasteiger partial charge in [-0.2, -0.15) is 0 Å². The van der Waals surface area contributed by atoms with Crippen LogP contribution < -0.4 is 26.2 Å². The highest BCUT2D eigenvalue weighted by atomic mass is 15.3. The van der Waals surface area contributed by atoms with Gasteiger partial charge in [0.2, 0.25) is 0 Å². The van der Waals surface area contributed by atoms with Gasteiger partial charge in [0.1, 0.15) is 0 Å². The Bertz CT molecular complexity index is 1780. The van der Waals surface area contributed by atoms with Gasteiger partial charge in [0, 0.05) is 33.6 Å². The van der Waals surface area contributed by atoms with Crippen LogP contribution in [-0.4, -0.2) is 17.8 Å². The third-order valence-corrected chi connectivity index (χ3v) is 16.8. The summed E-state index contributed by atoms with van der Waals surface area (Å²) in [6.45, 7) is 15.8. The molecule has 47 heavy (non-hydrogen) atoms. The molecule has 4 heterocycles. The first kappa shape index (κ1) is 28.2. The maximum absolute atomic E-state index is 2.97. The molecule has 0 aromatic heterocycles. The van der Waals surface area contributed by atoms with Gasteiger partial charge in [-0.15, -0.1) is 0 Å². The van der Waals surface area contributed by atoms with Gasteiger partial charge in [-0.05, 0) is 117 Å². The van der Waals surface area contributed by atoms with Crippen LogP contribution in [0.5, 0.6) is 0 Å². The van der Waals surface area contributed by atoms with Gasteiger partial charge in [-0.1, -0.05) is 107 Å². The molecule has 3 aromatic carbocycles. The highest BCUT2D eigenvalue weighted by Crippen LogP contribution is 2.68. The van der Waals surface area contributed by atoms with Gasteiger partial charge in [-0.3, -0.25) is 0 Å². The van der Waals surface area contributed by atoms with Crippen molar-refractivity contribution < 1.29 is 0 Å². The van der Waals surface area contributed by atoms with Crippen LogP contribution in [0.15, 0.2) is 42.5 Å². The molecule has 8 aliphatic rings. The Morgan fingerprint density at radius 3 is 1.40 bits per heavy atom. The summed E-state index contributed by atoms with van der Waals surface area (Å²) in [4.78, 5) is 5.93. The van der Waals surface area contributed by atoms with Crippen molar-refractivity contribution in [1.29, 1.82) is 0 Å². The molecule has 0 radical (unpaired) electrons. The minimum absolute atomic E-state index is 0.0953. The lowest BCUT2D eigenvalue weighted by Crippen LogP contribution is -2.67. The van der Waals surface area contributed by atoms with E-state index in [0.29, 0.717) is 6.71 Å². The lowest BCUT2D eigenvalue weighted by atomic mass is 9.33. The predicted molar refractivity (Wildman–Crippen MR) is 199 cm³/mol. The maximum atomic E-state index is 2.97. The fraction of sp³-hybridized carbons (Fsp3) is 0.591.